The standard InChI is InChI=1S/C17H12N8O/c1-2-4-11(5-3-1)17-21-24-25(22-17)9-15-20-16(23-26-15)12-6-7-13-14(8-12)19-10-18-13/h1-8,10H,9H2,(H,18,19). The van der Waals surface area contributed by atoms with Gasteiger partial charge < -0.3 is 9.51 Å². The van der Waals surface area contributed by atoms with Crippen LogP contribution in [0.25, 0.3) is 33.8 Å². The van der Waals surface area contributed by atoms with Crippen LogP contribution < -0.4 is 0 Å². The van der Waals surface area contributed by atoms with Crippen LogP contribution >= 0.6 is 0 Å². The molecule has 0 saturated heterocycles. The first-order chi connectivity index (χ1) is 12.8. The highest BCUT2D eigenvalue weighted by Gasteiger charge is 2.12. The molecule has 0 fully saturated rings. The number of tetrazole rings is 1. The second-order valence-corrected chi connectivity index (χ2v) is 5.66. The van der Waals surface area contributed by atoms with E-state index in [0.717, 1.165) is 22.2 Å². The van der Waals surface area contributed by atoms with E-state index in [2.05, 4.69) is 35.5 Å². The molecule has 0 spiro atoms. The van der Waals surface area contributed by atoms with E-state index in [9.17, 15) is 0 Å². The number of fused-ring (bicyclic) bond motifs is 1. The Morgan fingerprint density at radius 2 is 1.92 bits per heavy atom. The smallest absolute Gasteiger partial charge is 0.250 e. The van der Waals surface area contributed by atoms with Gasteiger partial charge in [-0.05, 0) is 23.4 Å². The lowest BCUT2D eigenvalue weighted by Crippen LogP contribution is -2.04. The Bertz CT molecular complexity index is 1170. The Hall–Kier alpha value is -3.88. The number of benzene rings is 2. The molecule has 0 radical (unpaired) electrons. The highest BCUT2D eigenvalue weighted by molar-refractivity contribution is 5.79. The molecule has 0 aliphatic heterocycles. The van der Waals surface area contributed by atoms with Crippen LogP contribution in [-0.4, -0.2) is 40.3 Å². The molecule has 0 saturated carbocycles. The minimum Gasteiger partial charge on any atom is -0.345 e. The monoisotopic (exact) mass is 344 g/mol. The molecule has 0 amide bonds. The molecule has 0 unspecified atom stereocenters. The summed E-state index contributed by atoms with van der Waals surface area (Å²) in [6, 6.07) is 15.4. The summed E-state index contributed by atoms with van der Waals surface area (Å²) in [5.74, 6) is 1.46. The summed E-state index contributed by atoms with van der Waals surface area (Å²) in [6.45, 7) is 0.249. The fraction of sp³-hybridized carbons (Fsp3) is 0.0588. The molecule has 9 heteroatoms. The first-order valence-corrected chi connectivity index (χ1v) is 7.94. The van der Waals surface area contributed by atoms with Crippen molar-refractivity contribution in [1.29, 1.82) is 0 Å². The van der Waals surface area contributed by atoms with Gasteiger partial charge in [0.2, 0.25) is 11.6 Å². The molecule has 0 aliphatic rings. The maximum absolute atomic E-state index is 5.32. The van der Waals surface area contributed by atoms with Crippen molar-refractivity contribution in [2.75, 3.05) is 0 Å². The second kappa shape index (κ2) is 5.88. The van der Waals surface area contributed by atoms with Gasteiger partial charge >= 0.3 is 0 Å². The normalized spacial score (nSPS) is 11.2. The van der Waals surface area contributed by atoms with E-state index in [-0.39, 0.29) is 6.54 Å². The summed E-state index contributed by atoms with van der Waals surface area (Å²) in [4.78, 5) is 13.1. The van der Waals surface area contributed by atoms with Crippen molar-refractivity contribution < 1.29 is 4.52 Å². The lowest BCUT2D eigenvalue weighted by Gasteiger charge is -1.94. The number of imidazole rings is 1. The Morgan fingerprint density at radius 3 is 2.85 bits per heavy atom. The molecule has 126 valence electrons. The van der Waals surface area contributed by atoms with Crippen molar-refractivity contribution >= 4 is 11.0 Å². The quantitative estimate of drug-likeness (QED) is 0.532. The number of nitrogens with one attached hydrogen (secondary N) is 1. The van der Waals surface area contributed by atoms with Crippen LogP contribution in [0, 0.1) is 0 Å². The topological polar surface area (TPSA) is 111 Å². The van der Waals surface area contributed by atoms with Gasteiger partial charge in [0.1, 0.15) is 6.54 Å². The molecule has 2 aromatic carbocycles. The van der Waals surface area contributed by atoms with Crippen LogP contribution in [0.2, 0.25) is 0 Å². The zero-order chi connectivity index (χ0) is 17.3. The first kappa shape index (κ1) is 14.5. The zero-order valence-corrected chi connectivity index (χ0v) is 13.4. The summed E-state index contributed by atoms with van der Waals surface area (Å²) >= 11 is 0. The van der Waals surface area contributed by atoms with Gasteiger partial charge in [0.25, 0.3) is 5.89 Å². The number of rotatable bonds is 4. The van der Waals surface area contributed by atoms with Gasteiger partial charge in [0.05, 0.1) is 17.4 Å². The molecular weight excluding hydrogens is 332 g/mol. The van der Waals surface area contributed by atoms with E-state index in [0.29, 0.717) is 17.5 Å². The molecule has 3 aromatic heterocycles. The fourth-order valence-corrected chi connectivity index (χ4v) is 2.64. The SMILES string of the molecule is c1ccc(-c2nnn(Cc3nc(-c4ccc5nc[nH]c5c4)no3)n2)cc1. The molecule has 5 aromatic rings. The summed E-state index contributed by atoms with van der Waals surface area (Å²) in [7, 11) is 0. The van der Waals surface area contributed by atoms with Gasteiger partial charge in [-0.25, -0.2) is 4.98 Å². The van der Waals surface area contributed by atoms with Crippen molar-refractivity contribution in [1.82, 2.24) is 40.3 Å². The predicted octanol–water partition coefficient (Wildman–Crippen LogP) is 2.31. The van der Waals surface area contributed by atoms with Gasteiger partial charge in [-0.3, -0.25) is 0 Å². The summed E-state index contributed by atoms with van der Waals surface area (Å²) in [5, 5.41) is 16.5. The Morgan fingerprint density at radius 1 is 1.00 bits per heavy atom. The minimum atomic E-state index is 0.249. The Kier molecular flexibility index (Phi) is 3.27. The predicted molar refractivity (Wildman–Crippen MR) is 91.7 cm³/mol. The number of nitrogens with zero attached hydrogens (tertiary/aromatic N) is 7. The zero-order valence-electron chi connectivity index (χ0n) is 13.4. The molecule has 3 heterocycles. The van der Waals surface area contributed by atoms with Crippen LogP contribution in [0.3, 0.4) is 0 Å². The van der Waals surface area contributed by atoms with E-state index in [4.69, 9.17) is 4.52 Å². The molecule has 0 bridgehead atoms. The van der Waals surface area contributed by atoms with Gasteiger partial charge in [-0.1, -0.05) is 35.5 Å². The van der Waals surface area contributed by atoms with E-state index in [1.807, 2.05) is 48.5 Å². The number of aromatic amines is 1. The van der Waals surface area contributed by atoms with E-state index in [1.54, 1.807) is 6.33 Å². The summed E-state index contributed by atoms with van der Waals surface area (Å²) in [6.07, 6.45) is 1.65. The van der Waals surface area contributed by atoms with Crippen LogP contribution in [-0.2, 0) is 6.54 Å². The van der Waals surface area contributed by atoms with Crippen LogP contribution in [0.4, 0.5) is 0 Å². The van der Waals surface area contributed by atoms with Crippen LogP contribution in [0.5, 0.6) is 0 Å². The molecule has 0 atom stereocenters. The molecular formula is C17H12N8O. The number of hydrogen-bond donors (Lipinski definition) is 1. The third-order valence-electron chi connectivity index (χ3n) is 3.91. The van der Waals surface area contributed by atoms with Crippen LogP contribution in [0.1, 0.15) is 5.89 Å². The van der Waals surface area contributed by atoms with E-state index >= 15 is 0 Å². The maximum Gasteiger partial charge on any atom is 0.250 e. The Balaban J connectivity index is 1.38. The van der Waals surface area contributed by atoms with Crippen molar-refractivity contribution in [2.24, 2.45) is 0 Å². The molecule has 26 heavy (non-hydrogen) atoms. The highest BCUT2D eigenvalue weighted by Crippen LogP contribution is 2.20. The van der Waals surface area contributed by atoms with Gasteiger partial charge in [0, 0.05) is 11.1 Å². The maximum atomic E-state index is 5.32. The Labute approximate surface area is 146 Å². The third kappa shape index (κ3) is 2.61. The lowest BCUT2D eigenvalue weighted by atomic mass is 10.2. The fourth-order valence-electron chi connectivity index (χ4n) is 2.64. The van der Waals surface area contributed by atoms with E-state index in [1.165, 1.54) is 4.80 Å². The van der Waals surface area contributed by atoms with E-state index < -0.39 is 0 Å². The van der Waals surface area contributed by atoms with Gasteiger partial charge in [0.15, 0.2) is 0 Å². The molecule has 5 rings (SSSR count). The molecule has 0 aliphatic carbocycles. The highest BCUT2D eigenvalue weighted by atomic mass is 16.5. The number of aromatic nitrogens is 8. The van der Waals surface area contributed by atoms with Gasteiger partial charge in [-0.15, -0.1) is 10.2 Å². The number of H-pyrrole nitrogens is 1. The average molecular weight is 344 g/mol. The van der Waals surface area contributed by atoms with Crippen molar-refractivity contribution in [2.45, 2.75) is 6.54 Å². The van der Waals surface area contributed by atoms with Crippen LogP contribution in [0.15, 0.2) is 59.4 Å². The summed E-state index contributed by atoms with van der Waals surface area (Å²) < 4.78 is 5.32. The number of hydrogen-bond acceptors (Lipinski definition) is 7. The average Bonchev–Trinajstić information content (AvgIpc) is 3.43. The first-order valence-electron chi connectivity index (χ1n) is 7.94. The molecule has 9 nitrogen and oxygen atoms in total. The van der Waals surface area contributed by atoms with Gasteiger partial charge in [-0.2, -0.15) is 9.78 Å². The van der Waals surface area contributed by atoms with Crippen molar-refractivity contribution in [3.05, 3.63) is 60.7 Å². The third-order valence-corrected chi connectivity index (χ3v) is 3.91. The summed E-state index contributed by atoms with van der Waals surface area (Å²) in [5.41, 5.74) is 3.54. The minimum absolute atomic E-state index is 0.249. The second-order valence-electron chi connectivity index (χ2n) is 5.66. The van der Waals surface area contributed by atoms with Crippen molar-refractivity contribution in [3.8, 4) is 22.8 Å². The lowest BCUT2D eigenvalue weighted by molar-refractivity contribution is 0.356. The largest absolute Gasteiger partial charge is 0.345 e. The molecule has 1 N–H and O–H groups in total. The van der Waals surface area contributed by atoms with Crippen molar-refractivity contribution in [3.63, 3.8) is 0 Å².